The Morgan fingerprint density at radius 2 is 2.05 bits per heavy atom. The number of anilines is 1. The van der Waals surface area contributed by atoms with E-state index in [1.54, 1.807) is 6.20 Å². The van der Waals surface area contributed by atoms with E-state index in [0.717, 1.165) is 32.0 Å². The predicted molar refractivity (Wildman–Crippen MR) is 78.9 cm³/mol. The summed E-state index contributed by atoms with van der Waals surface area (Å²) in [7, 11) is 2.18. The van der Waals surface area contributed by atoms with E-state index >= 15 is 0 Å². The molecule has 0 aromatic carbocycles. The second kappa shape index (κ2) is 6.75. The van der Waals surface area contributed by atoms with Crippen molar-refractivity contribution < 1.29 is 4.74 Å². The first kappa shape index (κ1) is 14.1. The van der Waals surface area contributed by atoms with Gasteiger partial charge in [-0.2, -0.15) is 0 Å². The van der Waals surface area contributed by atoms with Crippen LogP contribution in [0.5, 0.6) is 5.75 Å². The molecule has 1 aliphatic rings. The normalized spacial score (nSPS) is 17.6. The number of likely N-dealkylation sites (N-methyl/N-ethyl adjacent to an activating group) is 1. The maximum atomic E-state index is 5.75. The molecule has 0 saturated carbocycles. The Kier molecular flexibility index (Phi) is 5.02. The first-order valence-electron chi connectivity index (χ1n) is 7.16. The Bertz CT molecular complexity index is 395. The van der Waals surface area contributed by atoms with Crippen LogP contribution in [-0.4, -0.2) is 49.7 Å². The summed E-state index contributed by atoms with van der Waals surface area (Å²) in [6, 6.07) is 2.11. The molecule has 0 amide bonds. The molecular weight excluding hydrogens is 238 g/mol. The summed E-state index contributed by atoms with van der Waals surface area (Å²) in [5.74, 6) is 1.42. The van der Waals surface area contributed by atoms with Crippen LogP contribution in [0.15, 0.2) is 18.5 Å². The van der Waals surface area contributed by atoms with Crippen molar-refractivity contribution in [2.75, 3.05) is 44.7 Å². The summed E-state index contributed by atoms with van der Waals surface area (Å²) in [5, 5.41) is 0. The van der Waals surface area contributed by atoms with Gasteiger partial charge in [-0.15, -0.1) is 0 Å². The average Bonchev–Trinajstić information content (AvgIpc) is 2.62. The lowest BCUT2D eigenvalue weighted by atomic mass is 10.2. The fourth-order valence-corrected chi connectivity index (χ4v) is 2.23. The lowest BCUT2D eigenvalue weighted by molar-refractivity contribution is 0.270. The number of ether oxygens (including phenoxy) is 1. The number of nitrogens with zero attached hydrogens (tertiary/aromatic N) is 3. The third-order valence-corrected chi connectivity index (χ3v) is 3.37. The van der Waals surface area contributed by atoms with Crippen LogP contribution in [0.3, 0.4) is 0 Å². The van der Waals surface area contributed by atoms with Gasteiger partial charge in [-0.1, -0.05) is 13.8 Å². The number of rotatable bonds is 4. The first-order valence-corrected chi connectivity index (χ1v) is 7.16. The third-order valence-electron chi connectivity index (χ3n) is 3.37. The largest absolute Gasteiger partial charge is 0.492 e. The number of hydrogen-bond donors (Lipinski definition) is 0. The molecule has 19 heavy (non-hydrogen) atoms. The third kappa shape index (κ3) is 4.39. The minimum atomic E-state index is 0.537. The second-order valence-corrected chi connectivity index (χ2v) is 5.73. The molecule has 1 saturated heterocycles. The standard InChI is InChI=1S/C15H25N3O/c1-13(2)12-19-15-9-14(10-16-11-15)18-6-4-5-17(3)7-8-18/h9-11,13H,4-8,12H2,1-3H3. The SMILES string of the molecule is CC(C)COc1cncc(N2CCCN(C)CC2)c1. The summed E-state index contributed by atoms with van der Waals surface area (Å²) in [6.07, 6.45) is 4.94. The Morgan fingerprint density at radius 1 is 1.21 bits per heavy atom. The van der Waals surface area contributed by atoms with E-state index in [4.69, 9.17) is 4.74 Å². The van der Waals surface area contributed by atoms with Gasteiger partial charge in [-0.05, 0) is 25.9 Å². The van der Waals surface area contributed by atoms with Crippen LogP contribution in [-0.2, 0) is 0 Å². The highest BCUT2D eigenvalue weighted by molar-refractivity contribution is 5.48. The van der Waals surface area contributed by atoms with E-state index in [1.165, 1.54) is 18.7 Å². The van der Waals surface area contributed by atoms with Crippen molar-refractivity contribution in [3.8, 4) is 5.75 Å². The van der Waals surface area contributed by atoms with Crippen LogP contribution in [0.1, 0.15) is 20.3 Å². The lowest BCUT2D eigenvalue weighted by Crippen LogP contribution is -2.28. The molecule has 1 aromatic rings. The van der Waals surface area contributed by atoms with Crippen LogP contribution >= 0.6 is 0 Å². The number of pyridine rings is 1. The monoisotopic (exact) mass is 263 g/mol. The molecule has 0 unspecified atom stereocenters. The Morgan fingerprint density at radius 3 is 2.84 bits per heavy atom. The van der Waals surface area contributed by atoms with Gasteiger partial charge in [0.2, 0.25) is 0 Å². The van der Waals surface area contributed by atoms with E-state index in [9.17, 15) is 0 Å². The van der Waals surface area contributed by atoms with Gasteiger partial charge in [0.25, 0.3) is 0 Å². The summed E-state index contributed by atoms with van der Waals surface area (Å²) in [4.78, 5) is 9.09. The highest BCUT2D eigenvalue weighted by atomic mass is 16.5. The Balaban J connectivity index is 2.01. The quantitative estimate of drug-likeness (QED) is 0.833. The zero-order chi connectivity index (χ0) is 13.7. The van der Waals surface area contributed by atoms with Gasteiger partial charge >= 0.3 is 0 Å². The van der Waals surface area contributed by atoms with Crippen LogP contribution < -0.4 is 9.64 Å². The summed E-state index contributed by atoms with van der Waals surface area (Å²) in [6.45, 7) is 9.49. The smallest absolute Gasteiger partial charge is 0.139 e. The van der Waals surface area contributed by atoms with Crippen LogP contribution in [0.25, 0.3) is 0 Å². The zero-order valence-corrected chi connectivity index (χ0v) is 12.3. The van der Waals surface area contributed by atoms with Gasteiger partial charge in [-0.25, -0.2) is 0 Å². The molecule has 0 radical (unpaired) electrons. The van der Waals surface area contributed by atoms with Gasteiger partial charge in [0, 0.05) is 25.7 Å². The van der Waals surface area contributed by atoms with E-state index in [1.807, 2.05) is 6.20 Å². The molecule has 0 atom stereocenters. The van der Waals surface area contributed by atoms with Crippen molar-refractivity contribution >= 4 is 5.69 Å². The zero-order valence-electron chi connectivity index (χ0n) is 12.3. The van der Waals surface area contributed by atoms with Gasteiger partial charge in [0.05, 0.1) is 24.7 Å². The fraction of sp³-hybridized carbons (Fsp3) is 0.667. The Labute approximate surface area is 116 Å². The molecule has 4 heteroatoms. The van der Waals surface area contributed by atoms with E-state index in [0.29, 0.717) is 5.92 Å². The molecule has 1 aromatic heterocycles. The minimum Gasteiger partial charge on any atom is -0.492 e. The molecular formula is C15H25N3O. The van der Waals surface area contributed by atoms with Crippen molar-refractivity contribution in [3.05, 3.63) is 18.5 Å². The number of hydrogen-bond acceptors (Lipinski definition) is 4. The van der Waals surface area contributed by atoms with Crippen molar-refractivity contribution in [2.45, 2.75) is 20.3 Å². The van der Waals surface area contributed by atoms with Crippen LogP contribution in [0.2, 0.25) is 0 Å². The average molecular weight is 263 g/mol. The molecule has 106 valence electrons. The van der Waals surface area contributed by atoms with Crippen molar-refractivity contribution in [1.82, 2.24) is 9.88 Å². The predicted octanol–water partition coefficient (Wildman–Crippen LogP) is 2.26. The minimum absolute atomic E-state index is 0.537. The van der Waals surface area contributed by atoms with Gasteiger partial charge in [0.15, 0.2) is 0 Å². The highest BCUT2D eigenvalue weighted by Gasteiger charge is 2.13. The first-order chi connectivity index (χ1) is 9.15. The van der Waals surface area contributed by atoms with Gasteiger partial charge in [0.1, 0.15) is 5.75 Å². The molecule has 0 spiro atoms. The van der Waals surface area contributed by atoms with Crippen molar-refractivity contribution in [1.29, 1.82) is 0 Å². The highest BCUT2D eigenvalue weighted by Crippen LogP contribution is 2.21. The van der Waals surface area contributed by atoms with Crippen LogP contribution in [0.4, 0.5) is 5.69 Å². The fourth-order valence-electron chi connectivity index (χ4n) is 2.23. The summed E-state index contributed by atoms with van der Waals surface area (Å²) < 4.78 is 5.75. The van der Waals surface area contributed by atoms with Gasteiger partial charge in [-0.3, -0.25) is 4.98 Å². The van der Waals surface area contributed by atoms with E-state index in [2.05, 4.69) is 41.7 Å². The van der Waals surface area contributed by atoms with Crippen molar-refractivity contribution in [2.24, 2.45) is 5.92 Å². The van der Waals surface area contributed by atoms with Gasteiger partial charge < -0.3 is 14.5 Å². The molecule has 1 aliphatic heterocycles. The molecule has 2 rings (SSSR count). The van der Waals surface area contributed by atoms with Crippen LogP contribution in [0, 0.1) is 5.92 Å². The summed E-state index contributed by atoms with van der Waals surface area (Å²) >= 11 is 0. The lowest BCUT2D eigenvalue weighted by Gasteiger charge is -2.23. The summed E-state index contributed by atoms with van der Waals surface area (Å²) in [5.41, 5.74) is 1.18. The second-order valence-electron chi connectivity index (χ2n) is 5.73. The molecule has 2 heterocycles. The maximum Gasteiger partial charge on any atom is 0.139 e. The Hall–Kier alpha value is -1.29. The molecule has 1 fully saturated rings. The molecule has 0 aliphatic carbocycles. The molecule has 4 nitrogen and oxygen atoms in total. The maximum absolute atomic E-state index is 5.75. The topological polar surface area (TPSA) is 28.6 Å². The number of aromatic nitrogens is 1. The van der Waals surface area contributed by atoms with Crippen molar-refractivity contribution in [3.63, 3.8) is 0 Å². The molecule has 0 N–H and O–H groups in total. The van der Waals surface area contributed by atoms with E-state index in [-0.39, 0.29) is 0 Å². The van der Waals surface area contributed by atoms with E-state index < -0.39 is 0 Å². The molecule has 0 bridgehead atoms.